The zero-order valence-electron chi connectivity index (χ0n) is 20.1. The van der Waals surface area contributed by atoms with Crippen LogP contribution in [0.5, 0.6) is 5.75 Å². The first-order valence-corrected chi connectivity index (χ1v) is 12.7. The van der Waals surface area contributed by atoms with Gasteiger partial charge in [0.2, 0.25) is 11.8 Å². The number of hydrogen-bond donors (Lipinski definition) is 5. The highest BCUT2D eigenvalue weighted by Gasteiger charge is 2.30. The third-order valence-electron chi connectivity index (χ3n) is 5.83. The van der Waals surface area contributed by atoms with Gasteiger partial charge in [-0.1, -0.05) is 49.4 Å². The third kappa shape index (κ3) is 7.71. The SMILES string of the molecule is C[C@@H](c1ccccc1)[C@H](NC(=O)[C@H](N)c1ccc(OC(CO)CO)cc1)C(=O)Nc1ccc(I)cc1F. The Morgan fingerprint density at radius 1 is 0.973 bits per heavy atom. The lowest BCUT2D eigenvalue weighted by atomic mass is 9.92. The fourth-order valence-electron chi connectivity index (χ4n) is 3.64. The number of carbonyl (C=O) groups excluding carboxylic acids is 2. The maximum absolute atomic E-state index is 14.4. The van der Waals surface area contributed by atoms with Crippen LogP contribution < -0.4 is 21.1 Å². The van der Waals surface area contributed by atoms with Gasteiger partial charge in [-0.3, -0.25) is 9.59 Å². The van der Waals surface area contributed by atoms with Gasteiger partial charge in [-0.15, -0.1) is 0 Å². The molecule has 37 heavy (non-hydrogen) atoms. The molecule has 0 aliphatic rings. The summed E-state index contributed by atoms with van der Waals surface area (Å²) in [6.07, 6.45) is -0.764. The van der Waals surface area contributed by atoms with Crippen molar-refractivity contribution in [1.82, 2.24) is 5.32 Å². The minimum Gasteiger partial charge on any atom is -0.486 e. The molecule has 0 saturated carbocycles. The molecular formula is C27H29FIN3O5. The molecule has 0 aliphatic carbocycles. The molecule has 3 rings (SSSR count). The molecule has 0 spiro atoms. The number of amides is 2. The van der Waals surface area contributed by atoms with Crippen molar-refractivity contribution < 1.29 is 28.9 Å². The Labute approximate surface area is 228 Å². The highest BCUT2D eigenvalue weighted by atomic mass is 127. The summed E-state index contributed by atoms with van der Waals surface area (Å²) >= 11 is 1.97. The Bertz CT molecular complexity index is 1190. The third-order valence-corrected chi connectivity index (χ3v) is 6.50. The van der Waals surface area contributed by atoms with E-state index in [4.69, 9.17) is 20.7 Å². The van der Waals surface area contributed by atoms with E-state index in [0.29, 0.717) is 14.9 Å². The van der Waals surface area contributed by atoms with E-state index >= 15 is 0 Å². The zero-order chi connectivity index (χ0) is 26.9. The van der Waals surface area contributed by atoms with Crippen molar-refractivity contribution in [3.63, 3.8) is 0 Å². The zero-order valence-corrected chi connectivity index (χ0v) is 22.3. The molecule has 3 aromatic carbocycles. The fourth-order valence-corrected chi connectivity index (χ4v) is 4.09. The van der Waals surface area contributed by atoms with Crippen molar-refractivity contribution in [1.29, 1.82) is 0 Å². The summed E-state index contributed by atoms with van der Waals surface area (Å²) in [6.45, 7) is 1.09. The van der Waals surface area contributed by atoms with Gasteiger partial charge in [0.25, 0.3) is 0 Å². The fraction of sp³-hybridized carbons (Fsp3) is 0.259. The minimum absolute atomic E-state index is 0.00822. The summed E-state index contributed by atoms with van der Waals surface area (Å²) in [5.41, 5.74) is 7.48. The van der Waals surface area contributed by atoms with Gasteiger partial charge in [0.05, 0.1) is 18.9 Å². The molecule has 0 bridgehead atoms. The van der Waals surface area contributed by atoms with Crippen LogP contribution in [0.15, 0.2) is 72.8 Å². The van der Waals surface area contributed by atoms with Crippen molar-refractivity contribution in [2.75, 3.05) is 18.5 Å². The van der Waals surface area contributed by atoms with E-state index in [0.717, 1.165) is 5.56 Å². The lowest BCUT2D eigenvalue weighted by Gasteiger charge is -2.26. The van der Waals surface area contributed by atoms with Gasteiger partial charge >= 0.3 is 0 Å². The number of ether oxygens (including phenoxy) is 1. The van der Waals surface area contributed by atoms with Gasteiger partial charge in [-0.05, 0) is 64.0 Å². The molecule has 0 aliphatic heterocycles. The minimum atomic E-state index is -1.10. The second-order valence-electron chi connectivity index (χ2n) is 8.45. The molecule has 2 amide bonds. The molecule has 0 radical (unpaired) electrons. The van der Waals surface area contributed by atoms with Gasteiger partial charge < -0.3 is 31.3 Å². The molecule has 0 aromatic heterocycles. The van der Waals surface area contributed by atoms with Crippen LogP contribution in [0.25, 0.3) is 0 Å². The van der Waals surface area contributed by atoms with Crippen LogP contribution >= 0.6 is 22.6 Å². The number of rotatable bonds is 11. The lowest BCUT2D eigenvalue weighted by molar-refractivity contribution is -0.127. The Morgan fingerprint density at radius 2 is 1.62 bits per heavy atom. The van der Waals surface area contributed by atoms with E-state index in [1.165, 1.54) is 12.1 Å². The lowest BCUT2D eigenvalue weighted by Crippen LogP contribution is -2.49. The number of benzene rings is 3. The van der Waals surface area contributed by atoms with Crippen molar-refractivity contribution in [3.05, 3.63) is 93.3 Å². The van der Waals surface area contributed by atoms with Crippen LogP contribution in [-0.4, -0.2) is 47.4 Å². The Morgan fingerprint density at radius 3 is 2.22 bits per heavy atom. The van der Waals surface area contributed by atoms with Crippen molar-refractivity contribution >= 4 is 40.1 Å². The maximum atomic E-state index is 14.4. The molecule has 0 fully saturated rings. The molecule has 8 nitrogen and oxygen atoms in total. The molecule has 0 heterocycles. The number of hydrogen-bond acceptors (Lipinski definition) is 6. The number of nitrogens with one attached hydrogen (secondary N) is 2. The topological polar surface area (TPSA) is 134 Å². The van der Waals surface area contributed by atoms with Crippen molar-refractivity contribution in [3.8, 4) is 5.75 Å². The summed E-state index contributed by atoms with van der Waals surface area (Å²) in [7, 11) is 0. The summed E-state index contributed by atoms with van der Waals surface area (Å²) < 4.78 is 20.5. The molecule has 0 saturated heterocycles. The van der Waals surface area contributed by atoms with E-state index < -0.39 is 41.7 Å². The Balaban J connectivity index is 1.79. The largest absolute Gasteiger partial charge is 0.486 e. The number of aliphatic hydroxyl groups excluding tert-OH is 2. The molecule has 196 valence electrons. The summed E-state index contributed by atoms with van der Waals surface area (Å²) in [5, 5.41) is 23.6. The smallest absolute Gasteiger partial charge is 0.247 e. The second kappa shape index (κ2) is 13.5. The molecule has 0 unspecified atom stereocenters. The molecule has 10 heteroatoms. The molecule has 6 N–H and O–H groups in total. The van der Waals surface area contributed by atoms with Crippen LogP contribution in [0.2, 0.25) is 0 Å². The van der Waals surface area contributed by atoms with E-state index in [2.05, 4.69) is 10.6 Å². The second-order valence-corrected chi connectivity index (χ2v) is 9.70. The number of nitrogens with two attached hydrogens (primary N) is 1. The predicted octanol–water partition coefficient (Wildman–Crippen LogP) is 3.09. The van der Waals surface area contributed by atoms with Gasteiger partial charge in [-0.25, -0.2) is 4.39 Å². The van der Waals surface area contributed by atoms with Crippen LogP contribution in [0, 0.1) is 9.39 Å². The van der Waals surface area contributed by atoms with E-state index in [9.17, 15) is 14.0 Å². The first kappa shape index (κ1) is 28.5. The maximum Gasteiger partial charge on any atom is 0.247 e. The average Bonchev–Trinajstić information content (AvgIpc) is 2.91. The number of carbonyl (C=O) groups is 2. The van der Waals surface area contributed by atoms with Crippen LogP contribution in [0.1, 0.15) is 30.0 Å². The molecule has 3 aromatic rings. The van der Waals surface area contributed by atoms with Gasteiger partial charge in [-0.2, -0.15) is 0 Å². The average molecular weight is 621 g/mol. The van der Waals surface area contributed by atoms with Crippen LogP contribution in [0.4, 0.5) is 10.1 Å². The standard InChI is InChI=1S/C27H29FIN3O5/c1-16(17-5-3-2-4-6-17)25(27(36)31-23-12-9-19(29)13-22(23)28)32-26(35)24(30)18-7-10-20(11-8-18)37-21(14-33)15-34/h2-13,16,21,24-25,33-34H,14-15,30H2,1H3,(H,31,36)(H,32,35)/t16-,24+,25-/m0/s1. The van der Waals surface area contributed by atoms with Crippen LogP contribution in [0.3, 0.4) is 0 Å². The first-order chi connectivity index (χ1) is 17.7. The van der Waals surface area contributed by atoms with Gasteiger partial charge in [0.1, 0.15) is 29.8 Å². The van der Waals surface area contributed by atoms with Gasteiger partial charge in [0.15, 0.2) is 0 Å². The Hall–Kier alpha value is -3.06. The Kier molecular flexibility index (Phi) is 10.4. The van der Waals surface area contributed by atoms with Crippen molar-refractivity contribution in [2.24, 2.45) is 5.73 Å². The number of anilines is 1. The van der Waals surface area contributed by atoms with E-state index in [-0.39, 0.29) is 18.9 Å². The van der Waals surface area contributed by atoms with Crippen LogP contribution in [-0.2, 0) is 9.59 Å². The van der Waals surface area contributed by atoms with E-state index in [1.807, 2.05) is 52.9 Å². The quantitative estimate of drug-likeness (QED) is 0.209. The van der Waals surface area contributed by atoms with E-state index in [1.54, 1.807) is 37.3 Å². The first-order valence-electron chi connectivity index (χ1n) is 11.6. The monoisotopic (exact) mass is 621 g/mol. The van der Waals surface area contributed by atoms with Crippen molar-refractivity contribution in [2.45, 2.75) is 31.0 Å². The molecular weight excluding hydrogens is 592 g/mol. The number of aliphatic hydroxyl groups is 2. The highest BCUT2D eigenvalue weighted by Crippen LogP contribution is 2.24. The normalized spacial score (nSPS) is 13.5. The highest BCUT2D eigenvalue weighted by molar-refractivity contribution is 14.1. The van der Waals surface area contributed by atoms with Gasteiger partial charge in [0, 0.05) is 9.49 Å². The predicted molar refractivity (Wildman–Crippen MR) is 146 cm³/mol. The summed E-state index contributed by atoms with van der Waals surface area (Å²) in [6, 6.07) is 17.8. The molecule has 3 atom stereocenters. The number of halogens is 2. The summed E-state index contributed by atoms with van der Waals surface area (Å²) in [5.74, 6) is -1.82. The summed E-state index contributed by atoms with van der Waals surface area (Å²) in [4.78, 5) is 26.4.